The molecule has 2 rings (SSSR count). The Morgan fingerprint density at radius 3 is 2.33 bits per heavy atom. The number of rotatable bonds is 4. The monoisotopic (exact) mass is 384 g/mol. The van der Waals surface area contributed by atoms with Crippen LogP contribution in [0.2, 0.25) is 10.0 Å². The summed E-state index contributed by atoms with van der Waals surface area (Å²) in [7, 11) is 3.31. The summed E-state index contributed by atoms with van der Waals surface area (Å²) < 4.78 is 0. The predicted molar refractivity (Wildman–Crippen MR) is 100 cm³/mol. The maximum atomic E-state index is 12.4. The van der Waals surface area contributed by atoms with Gasteiger partial charge in [-0.05, 0) is 43.7 Å². The van der Waals surface area contributed by atoms with Crippen molar-refractivity contribution in [2.24, 2.45) is 0 Å². The maximum absolute atomic E-state index is 12.4. The minimum Gasteiger partial charge on any atom is -0.347 e. The standard InChI is InChI=1S/C17H18Cl2N2O2S/c1-17(2,16(23)21(3)4)20-15(22)14-8-7-13(24-14)10-5-6-11(18)12(19)9-10/h5-9H,1-4H3,(H,20,22). The van der Waals surface area contributed by atoms with E-state index in [-0.39, 0.29) is 11.8 Å². The summed E-state index contributed by atoms with van der Waals surface area (Å²) in [5, 5.41) is 3.72. The van der Waals surface area contributed by atoms with E-state index >= 15 is 0 Å². The van der Waals surface area contributed by atoms with Gasteiger partial charge in [0.25, 0.3) is 5.91 Å². The zero-order chi connectivity index (χ0) is 18.1. The Bertz CT molecular complexity index is 785. The maximum Gasteiger partial charge on any atom is 0.262 e. The van der Waals surface area contributed by atoms with Crippen LogP contribution in [0.25, 0.3) is 10.4 Å². The zero-order valence-corrected chi connectivity index (χ0v) is 16.1. The van der Waals surface area contributed by atoms with Crippen LogP contribution in [0.4, 0.5) is 0 Å². The van der Waals surface area contributed by atoms with Crippen molar-refractivity contribution in [3.05, 3.63) is 45.3 Å². The second-order valence-electron chi connectivity index (χ2n) is 6.07. The number of amides is 2. The average Bonchev–Trinajstić information content (AvgIpc) is 2.98. The van der Waals surface area contributed by atoms with Crippen LogP contribution in [-0.2, 0) is 4.79 Å². The fourth-order valence-corrected chi connectivity index (χ4v) is 3.42. The first kappa shape index (κ1) is 18.8. The first-order valence-electron chi connectivity index (χ1n) is 7.21. The Hall–Kier alpha value is -1.56. The van der Waals surface area contributed by atoms with Crippen LogP contribution in [0.5, 0.6) is 0 Å². The van der Waals surface area contributed by atoms with Gasteiger partial charge in [0.15, 0.2) is 0 Å². The normalized spacial score (nSPS) is 11.2. The Kier molecular flexibility index (Phi) is 5.58. The predicted octanol–water partition coefficient (Wildman–Crippen LogP) is 4.32. The van der Waals surface area contributed by atoms with Crippen LogP contribution in [0.15, 0.2) is 30.3 Å². The molecule has 0 saturated carbocycles. The molecule has 0 radical (unpaired) electrons. The van der Waals surface area contributed by atoms with Crippen LogP contribution in [-0.4, -0.2) is 36.3 Å². The summed E-state index contributed by atoms with van der Waals surface area (Å²) >= 11 is 13.3. The van der Waals surface area contributed by atoms with Gasteiger partial charge in [-0.3, -0.25) is 9.59 Å². The van der Waals surface area contributed by atoms with Gasteiger partial charge >= 0.3 is 0 Å². The van der Waals surface area contributed by atoms with E-state index in [9.17, 15) is 9.59 Å². The molecule has 7 heteroatoms. The number of benzene rings is 1. The highest BCUT2D eigenvalue weighted by molar-refractivity contribution is 7.17. The lowest BCUT2D eigenvalue weighted by atomic mass is 10.0. The molecule has 0 fully saturated rings. The average molecular weight is 385 g/mol. The molecule has 2 aromatic rings. The first-order valence-corrected chi connectivity index (χ1v) is 8.78. The van der Waals surface area contributed by atoms with Crippen molar-refractivity contribution in [1.82, 2.24) is 10.2 Å². The fourth-order valence-electron chi connectivity index (χ4n) is 2.22. The van der Waals surface area contributed by atoms with E-state index in [0.717, 1.165) is 10.4 Å². The van der Waals surface area contributed by atoms with Crippen LogP contribution in [0.1, 0.15) is 23.5 Å². The van der Waals surface area contributed by atoms with Crippen LogP contribution >= 0.6 is 34.5 Å². The molecular formula is C17H18Cl2N2O2S. The number of hydrogen-bond acceptors (Lipinski definition) is 3. The minimum atomic E-state index is -0.978. The third-order valence-corrected chi connectivity index (χ3v) is 5.27. The van der Waals surface area contributed by atoms with E-state index in [1.807, 2.05) is 12.1 Å². The van der Waals surface area contributed by atoms with Gasteiger partial charge in [0.1, 0.15) is 5.54 Å². The fraction of sp³-hybridized carbons (Fsp3) is 0.294. The highest BCUT2D eigenvalue weighted by Gasteiger charge is 2.31. The number of hydrogen-bond donors (Lipinski definition) is 1. The van der Waals surface area contributed by atoms with Crippen LogP contribution in [0, 0.1) is 0 Å². The number of halogens is 2. The third kappa shape index (κ3) is 4.09. The molecule has 1 heterocycles. The van der Waals surface area contributed by atoms with Gasteiger partial charge in [-0.2, -0.15) is 0 Å². The third-order valence-electron chi connectivity index (χ3n) is 3.40. The summed E-state index contributed by atoms with van der Waals surface area (Å²) in [6.07, 6.45) is 0. The van der Waals surface area contributed by atoms with Crippen molar-refractivity contribution in [2.75, 3.05) is 14.1 Å². The van der Waals surface area contributed by atoms with E-state index in [1.165, 1.54) is 16.2 Å². The molecular weight excluding hydrogens is 367 g/mol. The first-order chi connectivity index (χ1) is 11.1. The summed E-state index contributed by atoms with van der Waals surface area (Å²) in [6.45, 7) is 3.36. The van der Waals surface area contributed by atoms with Gasteiger partial charge in [-0.25, -0.2) is 0 Å². The molecule has 0 atom stereocenters. The molecule has 0 unspecified atom stereocenters. The summed E-state index contributed by atoms with van der Waals surface area (Å²) in [4.78, 5) is 27.4. The number of likely N-dealkylation sites (N-methyl/N-ethyl adjacent to an activating group) is 1. The molecule has 0 aliphatic carbocycles. The van der Waals surface area contributed by atoms with E-state index in [1.54, 1.807) is 46.1 Å². The number of carbonyl (C=O) groups is 2. The number of nitrogens with zero attached hydrogens (tertiary/aromatic N) is 1. The van der Waals surface area contributed by atoms with Gasteiger partial charge in [-0.15, -0.1) is 11.3 Å². The van der Waals surface area contributed by atoms with Crippen molar-refractivity contribution in [3.8, 4) is 10.4 Å². The van der Waals surface area contributed by atoms with Crippen LogP contribution in [0.3, 0.4) is 0 Å². The molecule has 0 spiro atoms. The Morgan fingerprint density at radius 1 is 1.08 bits per heavy atom. The highest BCUT2D eigenvalue weighted by Crippen LogP contribution is 2.32. The summed E-state index contributed by atoms with van der Waals surface area (Å²) in [5.74, 6) is -0.455. The topological polar surface area (TPSA) is 49.4 Å². The van der Waals surface area contributed by atoms with E-state index in [4.69, 9.17) is 23.2 Å². The largest absolute Gasteiger partial charge is 0.347 e. The van der Waals surface area contributed by atoms with Gasteiger partial charge in [0, 0.05) is 19.0 Å². The molecule has 1 N–H and O–H groups in total. The molecule has 0 aliphatic rings. The van der Waals surface area contributed by atoms with Crippen molar-refractivity contribution in [2.45, 2.75) is 19.4 Å². The van der Waals surface area contributed by atoms with Gasteiger partial charge in [0.05, 0.1) is 14.9 Å². The van der Waals surface area contributed by atoms with Crippen molar-refractivity contribution < 1.29 is 9.59 Å². The van der Waals surface area contributed by atoms with E-state index in [0.29, 0.717) is 14.9 Å². The molecule has 0 aliphatic heterocycles. The van der Waals surface area contributed by atoms with Gasteiger partial charge in [-0.1, -0.05) is 29.3 Å². The Labute approximate surface area is 155 Å². The number of carbonyl (C=O) groups excluding carboxylic acids is 2. The van der Waals surface area contributed by atoms with Crippen molar-refractivity contribution in [1.29, 1.82) is 0 Å². The molecule has 128 valence electrons. The molecule has 0 saturated heterocycles. The highest BCUT2D eigenvalue weighted by atomic mass is 35.5. The second kappa shape index (κ2) is 7.13. The summed E-state index contributed by atoms with van der Waals surface area (Å²) in [5.41, 5.74) is -0.0917. The lowest BCUT2D eigenvalue weighted by Crippen LogP contribution is -2.54. The lowest BCUT2D eigenvalue weighted by Gasteiger charge is -2.27. The van der Waals surface area contributed by atoms with E-state index < -0.39 is 5.54 Å². The Balaban J connectivity index is 2.19. The second-order valence-corrected chi connectivity index (χ2v) is 7.97. The van der Waals surface area contributed by atoms with Gasteiger partial charge in [0.2, 0.25) is 5.91 Å². The Morgan fingerprint density at radius 2 is 1.75 bits per heavy atom. The molecule has 1 aromatic heterocycles. The van der Waals surface area contributed by atoms with Gasteiger partial charge < -0.3 is 10.2 Å². The molecule has 2 amide bonds. The number of thiophene rings is 1. The quantitative estimate of drug-likeness (QED) is 0.852. The van der Waals surface area contributed by atoms with Crippen molar-refractivity contribution in [3.63, 3.8) is 0 Å². The molecule has 0 bridgehead atoms. The molecule has 4 nitrogen and oxygen atoms in total. The number of nitrogens with one attached hydrogen (secondary N) is 1. The smallest absolute Gasteiger partial charge is 0.262 e. The minimum absolute atomic E-state index is 0.169. The SMILES string of the molecule is CN(C)C(=O)C(C)(C)NC(=O)c1ccc(-c2ccc(Cl)c(Cl)c2)s1. The molecule has 24 heavy (non-hydrogen) atoms. The lowest BCUT2D eigenvalue weighted by molar-refractivity contribution is -0.134. The van der Waals surface area contributed by atoms with E-state index in [2.05, 4.69) is 5.32 Å². The van der Waals surface area contributed by atoms with Crippen molar-refractivity contribution >= 4 is 46.4 Å². The molecule has 1 aromatic carbocycles. The zero-order valence-electron chi connectivity index (χ0n) is 13.8. The summed E-state index contributed by atoms with van der Waals surface area (Å²) in [6, 6.07) is 8.91. The van der Waals surface area contributed by atoms with Crippen LogP contribution < -0.4 is 5.32 Å².